The van der Waals surface area contributed by atoms with E-state index in [4.69, 9.17) is 8.44 Å². The molecule has 1 aliphatic rings. The van der Waals surface area contributed by atoms with Crippen molar-refractivity contribution in [1.82, 2.24) is 0 Å². The quantitative estimate of drug-likeness (QED) is 0.703. The van der Waals surface area contributed by atoms with E-state index in [0.717, 1.165) is 0 Å². The Morgan fingerprint density at radius 3 is 1.33 bits per heavy atom. The fourth-order valence-corrected chi connectivity index (χ4v) is 10.1. The van der Waals surface area contributed by atoms with Crippen LogP contribution in [0.4, 0.5) is 0 Å². The summed E-state index contributed by atoms with van der Waals surface area (Å²) in [5.41, 5.74) is 0. The fourth-order valence-electron chi connectivity index (χ4n) is 1.97. The molecule has 0 aromatic heterocycles. The molecule has 0 spiro atoms. The summed E-state index contributed by atoms with van der Waals surface area (Å²) < 4.78 is 18.8. The second-order valence-corrected chi connectivity index (χ2v) is 11.7. The average Bonchev–Trinajstić information content (AvgIpc) is 2.65. The molecule has 0 N–H and O–H groups in total. The van der Waals surface area contributed by atoms with Crippen LogP contribution in [0.2, 0.25) is 3.63 Å². The van der Waals surface area contributed by atoms with Crippen LogP contribution < -0.4 is 0 Å². The predicted molar refractivity (Wildman–Crippen MR) is 70.7 cm³/mol. The summed E-state index contributed by atoms with van der Waals surface area (Å²) in [6, 6.07) is 0. The van der Waals surface area contributed by atoms with Crippen molar-refractivity contribution in [3.05, 3.63) is 24.3 Å². The van der Waals surface area contributed by atoms with Gasteiger partial charge in [-0.05, 0) is 0 Å². The van der Waals surface area contributed by atoms with Crippen LogP contribution in [-0.2, 0) is 30.0 Å². The minimum absolute atomic E-state index is 0.126. The predicted octanol–water partition coefficient (Wildman–Crippen LogP) is 4.07. The first-order valence-electron chi connectivity index (χ1n) is 6.74. The monoisotopic (exact) mass is 332 g/mol. The van der Waals surface area contributed by atoms with E-state index < -0.39 is 21.6 Å². The Morgan fingerprint density at radius 1 is 0.722 bits per heavy atom. The van der Waals surface area contributed by atoms with Crippen molar-refractivity contribution in [2.45, 2.75) is 63.5 Å². The van der Waals surface area contributed by atoms with Crippen molar-refractivity contribution in [2.24, 2.45) is 0 Å². The summed E-state index contributed by atoms with van der Waals surface area (Å²) in [5.74, 6) is 0. The second kappa shape index (κ2) is 7.14. The van der Waals surface area contributed by atoms with Crippen molar-refractivity contribution >= 4 is 0 Å². The van der Waals surface area contributed by atoms with Crippen LogP contribution in [0.5, 0.6) is 0 Å². The van der Waals surface area contributed by atoms with Gasteiger partial charge in [-0.25, -0.2) is 0 Å². The Balaban J connectivity index is 2.98. The number of hydrogen-bond acceptors (Lipinski definition) is 3. The van der Waals surface area contributed by atoms with Crippen LogP contribution in [0, 0.1) is 0 Å². The first kappa shape index (κ1) is 16.3. The molecule has 0 aliphatic heterocycles. The van der Waals surface area contributed by atoms with E-state index in [-0.39, 0.29) is 21.9 Å². The fraction of sp³-hybridized carbons (Fsp3) is 0.714. The summed E-state index contributed by atoms with van der Waals surface area (Å²) in [6.45, 7) is 12.3. The van der Waals surface area contributed by atoms with Gasteiger partial charge in [0.1, 0.15) is 0 Å². The topological polar surface area (TPSA) is 27.7 Å². The third kappa shape index (κ3) is 4.73. The molecule has 4 heteroatoms. The molecular weight excluding hydrogens is 307 g/mol. The average molecular weight is 334 g/mol. The van der Waals surface area contributed by atoms with Crippen LogP contribution >= 0.6 is 0 Å². The van der Waals surface area contributed by atoms with Gasteiger partial charge < -0.3 is 0 Å². The first-order chi connectivity index (χ1) is 8.35. The molecule has 104 valence electrons. The van der Waals surface area contributed by atoms with Gasteiger partial charge in [0.25, 0.3) is 0 Å². The van der Waals surface area contributed by atoms with E-state index in [1.165, 1.54) is 0 Å². The van der Waals surface area contributed by atoms with E-state index in [9.17, 15) is 0 Å². The first-order valence-corrected chi connectivity index (χ1v) is 11.2. The molecule has 0 bridgehead atoms. The Bertz CT molecular complexity index is 270. The van der Waals surface area contributed by atoms with Crippen LogP contribution in [0.1, 0.15) is 41.5 Å². The van der Waals surface area contributed by atoms with Gasteiger partial charge in [-0.2, -0.15) is 0 Å². The molecule has 3 nitrogen and oxygen atoms in total. The van der Waals surface area contributed by atoms with Gasteiger partial charge in [0.05, 0.1) is 0 Å². The molecule has 0 radical (unpaired) electrons. The number of allylic oxidation sites excluding steroid dienone is 4. The summed E-state index contributed by atoms with van der Waals surface area (Å²) in [7, 11) is 0. The molecule has 0 aromatic carbocycles. The van der Waals surface area contributed by atoms with E-state index in [2.05, 4.69) is 12.2 Å². The molecule has 1 rings (SSSR count). The molecule has 0 fully saturated rings. The molecule has 0 saturated carbocycles. The number of hydrogen-bond donors (Lipinski definition) is 0. The van der Waals surface area contributed by atoms with Crippen LogP contribution in [-0.4, -0.2) is 18.3 Å². The Hall–Kier alpha value is 0.243. The van der Waals surface area contributed by atoms with Gasteiger partial charge in [-0.1, -0.05) is 0 Å². The SMILES string of the molecule is CC(C)[O][Zr]([O]C(C)C)([O]C(C)C)[CH]1C=CC=C1. The van der Waals surface area contributed by atoms with Crippen molar-refractivity contribution in [3.63, 3.8) is 0 Å². The summed E-state index contributed by atoms with van der Waals surface area (Å²) >= 11 is -3.59. The van der Waals surface area contributed by atoms with E-state index in [0.29, 0.717) is 0 Å². The second-order valence-electron chi connectivity index (χ2n) is 5.40. The molecule has 0 atom stereocenters. The van der Waals surface area contributed by atoms with Crippen molar-refractivity contribution in [1.29, 1.82) is 0 Å². The van der Waals surface area contributed by atoms with Crippen molar-refractivity contribution in [2.75, 3.05) is 0 Å². The summed E-state index contributed by atoms with van der Waals surface area (Å²) in [4.78, 5) is 0. The van der Waals surface area contributed by atoms with Gasteiger partial charge in [0.2, 0.25) is 0 Å². The third-order valence-electron chi connectivity index (χ3n) is 2.36. The third-order valence-corrected chi connectivity index (χ3v) is 11.2. The van der Waals surface area contributed by atoms with Gasteiger partial charge >= 0.3 is 118 Å². The van der Waals surface area contributed by atoms with Gasteiger partial charge in [0, 0.05) is 0 Å². The summed E-state index contributed by atoms with van der Waals surface area (Å²) in [5, 5.41) is 0. The number of rotatable bonds is 7. The molecule has 0 aromatic rings. The van der Waals surface area contributed by atoms with Crippen LogP contribution in [0.15, 0.2) is 24.3 Å². The zero-order chi connectivity index (χ0) is 13.8. The van der Waals surface area contributed by atoms with Crippen molar-refractivity contribution < 1.29 is 30.0 Å². The zero-order valence-electron chi connectivity index (χ0n) is 12.3. The van der Waals surface area contributed by atoms with Crippen molar-refractivity contribution in [3.8, 4) is 0 Å². The maximum atomic E-state index is 6.21. The normalized spacial score (nSPS) is 16.7. The molecule has 1 aliphatic carbocycles. The molecule has 0 unspecified atom stereocenters. The Morgan fingerprint density at radius 2 is 1.06 bits per heavy atom. The standard InChI is InChI=1S/C5H5.3C3H7O.Zr/c1-2-4-5-3-1;3*1-3(2)4;/h1-5H;3*3H,1-2H3;/q;3*-1;+3. The van der Waals surface area contributed by atoms with Gasteiger partial charge in [0.15, 0.2) is 0 Å². The van der Waals surface area contributed by atoms with Crippen LogP contribution in [0.25, 0.3) is 0 Å². The molecule has 18 heavy (non-hydrogen) atoms. The Labute approximate surface area is 117 Å². The minimum atomic E-state index is -3.59. The Kier molecular flexibility index (Phi) is 6.46. The zero-order valence-corrected chi connectivity index (χ0v) is 14.8. The van der Waals surface area contributed by atoms with E-state index >= 15 is 0 Å². The molecule has 0 amide bonds. The van der Waals surface area contributed by atoms with Gasteiger partial charge in [-0.3, -0.25) is 0 Å². The summed E-state index contributed by atoms with van der Waals surface area (Å²) in [6.07, 6.45) is 8.76. The van der Waals surface area contributed by atoms with Crippen LogP contribution in [0.3, 0.4) is 0 Å². The maximum absolute atomic E-state index is 6.21. The van der Waals surface area contributed by atoms with E-state index in [1.807, 2.05) is 53.7 Å². The van der Waals surface area contributed by atoms with Gasteiger partial charge in [-0.15, -0.1) is 0 Å². The molecular formula is C14H26O3Zr. The van der Waals surface area contributed by atoms with E-state index in [1.54, 1.807) is 0 Å². The molecule has 0 saturated heterocycles. The molecule has 0 heterocycles.